The van der Waals surface area contributed by atoms with Gasteiger partial charge in [0.1, 0.15) is 11.9 Å². The molecule has 2 atom stereocenters. The number of aryl methyl sites for hydroxylation is 1. The Morgan fingerprint density at radius 1 is 1.44 bits per heavy atom. The van der Waals surface area contributed by atoms with Crippen LogP contribution < -0.4 is 15.6 Å². The molecule has 8 heteroatoms. The van der Waals surface area contributed by atoms with Crippen molar-refractivity contribution >= 4 is 5.91 Å². The lowest BCUT2D eigenvalue weighted by Crippen LogP contribution is -2.52. The molecule has 25 heavy (non-hydrogen) atoms. The van der Waals surface area contributed by atoms with Gasteiger partial charge in [-0.25, -0.2) is 9.97 Å². The summed E-state index contributed by atoms with van der Waals surface area (Å²) in [4.78, 5) is 34.9. The number of aromatic amines is 1. The topological polar surface area (TPSA) is 106 Å². The molecule has 0 bridgehead atoms. The Bertz CT molecular complexity index is 778. The third kappa shape index (κ3) is 4.63. The summed E-state index contributed by atoms with van der Waals surface area (Å²) in [5.74, 6) is 0.743. The van der Waals surface area contributed by atoms with Crippen molar-refractivity contribution in [3.05, 3.63) is 52.3 Å². The van der Waals surface area contributed by atoms with Crippen molar-refractivity contribution in [3.63, 3.8) is 0 Å². The van der Waals surface area contributed by atoms with Crippen LogP contribution in [0.15, 0.2) is 35.4 Å². The summed E-state index contributed by atoms with van der Waals surface area (Å²) < 4.78 is 11.3. The summed E-state index contributed by atoms with van der Waals surface area (Å²) in [6.45, 7) is 2.60. The van der Waals surface area contributed by atoms with Crippen LogP contribution >= 0.6 is 0 Å². The molecule has 1 aliphatic heterocycles. The molecule has 2 N–H and O–H groups in total. The Balaban J connectivity index is 1.62. The Morgan fingerprint density at radius 2 is 2.32 bits per heavy atom. The monoisotopic (exact) mass is 344 g/mol. The molecule has 1 aliphatic rings. The first-order valence-corrected chi connectivity index (χ1v) is 8.11. The van der Waals surface area contributed by atoms with Gasteiger partial charge >= 0.3 is 0 Å². The van der Waals surface area contributed by atoms with Crippen molar-refractivity contribution in [1.29, 1.82) is 0 Å². The Morgan fingerprint density at radius 3 is 3.08 bits per heavy atom. The third-order valence-electron chi connectivity index (χ3n) is 3.90. The predicted molar refractivity (Wildman–Crippen MR) is 89.3 cm³/mol. The van der Waals surface area contributed by atoms with E-state index in [2.05, 4.69) is 20.3 Å². The Hall–Kier alpha value is -2.74. The van der Waals surface area contributed by atoms with Gasteiger partial charge in [-0.05, 0) is 13.0 Å². The van der Waals surface area contributed by atoms with Gasteiger partial charge in [0.25, 0.3) is 5.56 Å². The van der Waals surface area contributed by atoms with Crippen molar-refractivity contribution in [2.45, 2.75) is 31.9 Å². The maximum Gasteiger partial charge on any atom is 0.254 e. The molecule has 3 heterocycles. The first-order valence-electron chi connectivity index (χ1n) is 8.11. The molecule has 2 aromatic rings. The number of nitrogens with zero attached hydrogens (tertiary/aromatic N) is 2. The minimum Gasteiger partial charge on any atom is -0.472 e. The molecule has 0 saturated carbocycles. The van der Waals surface area contributed by atoms with E-state index in [9.17, 15) is 9.59 Å². The summed E-state index contributed by atoms with van der Waals surface area (Å²) in [6, 6.07) is 5.11. The molecule has 0 spiro atoms. The van der Waals surface area contributed by atoms with E-state index >= 15 is 0 Å². The normalized spacial score (nSPS) is 20.0. The van der Waals surface area contributed by atoms with Crippen molar-refractivity contribution in [3.8, 4) is 5.88 Å². The van der Waals surface area contributed by atoms with Crippen molar-refractivity contribution in [2.24, 2.45) is 0 Å². The summed E-state index contributed by atoms with van der Waals surface area (Å²) in [6.07, 6.45) is 3.44. The quantitative estimate of drug-likeness (QED) is 0.812. The number of carbonyl (C=O) groups is 1. The van der Waals surface area contributed by atoms with E-state index in [1.54, 1.807) is 19.2 Å². The molecule has 1 amide bonds. The maximum absolute atomic E-state index is 12.3. The van der Waals surface area contributed by atoms with Crippen LogP contribution in [0.25, 0.3) is 0 Å². The van der Waals surface area contributed by atoms with Crippen LogP contribution in [0.5, 0.6) is 5.88 Å². The van der Waals surface area contributed by atoms with Crippen LogP contribution in [0.3, 0.4) is 0 Å². The van der Waals surface area contributed by atoms with Gasteiger partial charge < -0.3 is 19.8 Å². The summed E-state index contributed by atoms with van der Waals surface area (Å²) >= 11 is 0. The van der Waals surface area contributed by atoms with Crippen molar-refractivity contribution in [2.75, 3.05) is 13.2 Å². The van der Waals surface area contributed by atoms with Crippen molar-refractivity contribution in [1.82, 2.24) is 20.3 Å². The van der Waals surface area contributed by atoms with Crippen LogP contribution in [-0.4, -0.2) is 46.2 Å². The molecular formula is C17H20N4O4. The second-order valence-electron chi connectivity index (χ2n) is 5.86. The van der Waals surface area contributed by atoms with E-state index < -0.39 is 0 Å². The largest absolute Gasteiger partial charge is 0.472 e. The fraction of sp³-hybridized carbons (Fsp3) is 0.412. The van der Waals surface area contributed by atoms with Crippen molar-refractivity contribution < 1.29 is 14.3 Å². The molecule has 1 fully saturated rings. The number of amides is 1. The zero-order valence-electron chi connectivity index (χ0n) is 13.9. The standard InChI is InChI=1S/C17H20N4O4/c1-11-19-9-12(17(23)20-11)8-15(22)21-13-10-24-7-5-14(13)25-16-4-2-3-6-18-16/h2-4,6,9,13-14H,5,7-8,10H2,1H3,(H,21,22)(H,19,20,23)/t13-,14-/m1/s1. The molecule has 0 aromatic carbocycles. The Kier molecular flexibility index (Phi) is 5.39. The van der Waals surface area contributed by atoms with Gasteiger partial charge in [-0.3, -0.25) is 9.59 Å². The summed E-state index contributed by atoms with van der Waals surface area (Å²) in [5.41, 5.74) is 0.0193. The lowest BCUT2D eigenvalue weighted by molar-refractivity contribution is -0.123. The number of H-pyrrole nitrogens is 1. The van der Waals surface area contributed by atoms with Crippen LogP contribution in [0, 0.1) is 6.92 Å². The van der Waals surface area contributed by atoms with Gasteiger partial charge in [-0.15, -0.1) is 0 Å². The highest BCUT2D eigenvalue weighted by Crippen LogP contribution is 2.16. The number of pyridine rings is 1. The fourth-order valence-corrected chi connectivity index (χ4v) is 2.63. The van der Waals surface area contributed by atoms with E-state index in [1.807, 2.05) is 12.1 Å². The Labute approximate surface area is 144 Å². The average Bonchev–Trinajstić information content (AvgIpc) is 2.60. The number of ether oxygens (including phenoxy) is 2. The number of hydrogen-bond acceptors (Lipinski definition) is 6. The highest BCUT2D eigenvalue weighted by atomic mass is 16.5. The van der Waals surface area contributed by atoms with Gasteiger partial charge in [0.15, 0.2) is 0 Å². The third-order valence-corrected chi connectivity index (χ3v) is 3.90. The fourth-order valence-electron chi connectivity index (χ4n) is 2.63. The van der Waals surface area contributed by atoms with Crippen LogP contribution in [0.2, 0.25) is 0 Å². The van der Waals surface area contributed by atoms with E-state index in [0.717, 1.165) is 0 Å². The molecule has 3 rings (SSSR count). The second kappa shape index (κ2) is 7.89. The number of carbonyl (C=O) groups excluding carboxylic acids is 1. The zero-order valence-corrected chi connectivity index (χ0v) is 13.9. The number of nitrogens with one attached hydrogen (secondary N) is 2. The molecule has 8 nitrogen and oxygen atoms in total. The van der Waals surface area contributed by atoms with Gasteiger partial charge in [-0.1, -0.05) is 6.07 Å². The molecular weight excluding hydrogens is 324 g/mol. The first-order chi connectivity index (χ1) is 12.1. The molecule has 2 aromatic heterocycles. The van der Waals surface area contributed by atoms with Gasteiger partial charge in [0, 0.05) is 30.4 Å². The molecule has 1 saturated heterocycles. The van der Waals surface area contributed by atoms with Gasteiger partial charge in [0.05, 0.1) is 25.7 Å². The zero-order chi connectivity index (χ0) is 17.6. The first kappa shape index (κ1) is 17.1. The lowest BCUT2D eigenvalue weighted by Gasteiger charge is -2.32. The average molecular weight is 344 g/mol. The number of hydrogen-bond donors (Lipinski definition) is 2. The van der Waals surface area contributed by atoms with Crippen LogP contribution in [-0.2, 0) is 16.0 Å². The minimum absolute atomic E-state index is 0.0462. The number of aromatic nitrogens is 3. The van der Waals surface area contributed by atoms with Gasteiger partial charge in [0.2, 0.25) is 11.8 Å². The molecule has 0 aliphatic carbocycles. The van der Waals surface area contributed by atoms with E-state index in [4.69, 9.17) is 9.47 Å². The minimum atomic E-state index is -0.305. The van der Waals surface area contributed by atoms with Gasteiger partial charge in [-0.2, -0.15) is 0 Å². The number of rotatable bonds is 5. The SMILES string of the molecule is Cc1ncc(CC(=O)N[C@@H]2COCC[C@H]2Oc2ccccn2)c(=O)[nH]1. The maximum atomic E-state index is 12.3. The smallest absolute Gasteiger partial charge is 0.254 e. The lowest BCUT2D eigenvalue weighted by atomic mass is 10.1. The van der Waals surface area contributed by atoms with E-state index in [-0.39, 0.29) is 30.0 Å². The van der Waals surface area contributed by atoms with Crippen LogP contribution in [0.4, 0.5) is 0 Å². The highest BCUT2D eigenvalue weighted by molar-refractivity contribution is 5.78. The van der Waals surface area contributed by atoms with E-state index in [0.29, 0.717) is 36.9 Å². The molecule has 132 valence electrons. The predicted octanol–water partition coefficient (Wildman–Crippen LogP) is 0.369. The highest BCUT2D eigenvalue weighted by Gasteiger charge is 2.29. The molecule has 0 radical (unpaired) electrons. The summed E-state index contributed by atoms with van der Waals surface area (Å²) in [7, 11) is 0. The second-order valence-corrected chi connectivity index (χ2v) is 5.86. The van der Waals surface area contributed by atoms with Crippen LogP contribution in [0.1, 0.15) is 17.8 Å². The van der Waals surface area contributed by atoms with E-state index in [1.165, 1.54) is 6.20 Å². The molecule has 0 unspecified atom stereocenters. The summed E-state index contributed by atoms with van der Waals surface area (Å²) in [5, 5.41) is 2.88.